The molecule has 0 aliphatic rings. The Balaban J connectivity index is 2.44. The Morgan fingerprint density at radius 3 is 2.80 bits per heavy atom. The predicted molar refractivity (Wildman–Crippen MR) is 65.3 cm³/mol. The first-order chi connectivity index (χ1) is 7.20. The van der Waals surface area contributed by atoms with Crippen LogP contribution in [-0.4, -0.2) is 21.0 Å². The zero-order chi connectivity index (χ0) is 10.8. The number of nitrogen functional groups attached to an aromatic ring is 1. The Kier molecular flexibility index (Phi) is 2.97. The van der Waals surface area contributed by atoms with Gasteiger partial charge in [-0.15, -0.1) is 11.8 Å². The molecule has 15 heavy (non-hydrogen) atoms. The summed E-state index contributed by atoms with van der Waals surface area (Å²) in [5, 5.41) is 5.19. The van der Waals surface area contributed by atoms with Crippen molar-refractivity contribution in [3.8, 4) is 5.82 Å². The Morgan fingerprint density at radius 1 is 1.47 bits per heavy atom. The lowest BCUT2D eigenvalue weighted by atomic mass is 10.4. The minimum atomic E-state index is 0.592. The van der Waals surface area contributed by atoms with Crippen LogP contribution in [0.2, 0.25) is 0 Å². The summed E-state index contributed by atoms with van der Waals surface area (Å²) in [6.07, 6.45) is 3.68. The van der Waals surface area contributed by atoms with E-state index in [1.807, 2.05) is 24.5 Å². The molecule has 2 aromatic heterocycles. The third-order valence-corrected chi connectivity index (χ3v) is 2.94. The van der Waals surface area contributed by atoms with Crippen molar-refractivity contribution in [2.75, 3.05) is 12.0 Å². The van der Waals surface area contributed by atoms with Gasteiger partial charge in [-0.25, -0.2) is 4.98 Å². The number of rotatable bonds is 2. The maximum Gasteiger partial charge on any atom is 0.155 e. The summed E-state index contributed by atoms with van der Waals surface area (Å²) in [7, 11) is 0. The van der Waals surface area contributed by atoms with Crippen LogP contribution >= 0.6 is 27.7 Å². The quantitative estimate of drug-likeness (QED) is 0.860. The number of nitrogens with two attached hydrogens (primary N) is 1. The topological polar surface area (TPSA) is 56.7 Å². The van der Waals surface area contributed by atoms with E-state index in [-0.39, 0.29) is 0 Å². The van der Waals surface area contributed by atoms with Crippen LogP contribution in [0.5, 0.6) is 0 Å². The molecule has 0 aliphatic carbocycles. The molecule has 2 aromatic rings. The van der Waals surface area contributed by atoms with Crippen LogP contribution in [0.15, 0.2) is 33.9 Å². The fourth-order valence-electron chi connectivity index (χ4n) is 1.15. The van der Waals surface area contributed by atoms with Gasteiger partial charge in [0.1, 0.15) is 10.8 Å². The summed E-state index contributed by atoms with van der Waals surface area (Å²) in [6.45, 7) is 0. The smallest absolute Gasteiger partial charge is 0.155 e. The highest BCUT2D eigenvalue weighted by molar-refractivity contribution is 9.10. The van der Waals surface area contributed by atoms with Crippen molar-refractivity contribution in [3.63, 3.8) is 0 Å². The number of pyridine rings is 1. The van der Waals surface area contributed by atoms with Gasteiger partial charge in [-0.05, 0) is 34.3 Å². The first-order valence-electron chi connectivity index (χ1n) is 4.22. The van der Waals surface area contributed by atoms with E-state index in [0.29, 0.717) is 5.82 Å². The molecule has 6 heteroatoms. The second-order valence-electron chi connectivity index (χ2n) is 2.86. The number of anilines is 1. The van der Waals surface area contributed by atoms with E-state index in [4.69, 9.17) is 5.73 Å². The molecule has 0 aromatic carbocycles. The Morgan fingerprint density at radius 2 is 2.27 bits per heavy atom. The van der Waals surface area contributed by atoms with Crippen molar-refractivity contribution in [1.82, 2.24) is 14.8 Å². The lowest BCUT2D eigenvalue weighted by Gasteiger charge is -2.01. The highest BCUT2D eigenvalue weighted by Gasteiger charge is 2.06. The molecule has 0 atom stereocenters. The highest BCUT2D eigenvalue weighted by Crippen LogP contribution is 2.19. The number of nitrogens with zero attached hydrogens (tertiary/aromatic N) is 3. The second kappa shape index (κ2) is 4.24. The van der Waals surface area contributed by atoms with Gasteiger partial charge in [0.25, 0.3) is 0 Å². The van der Waals surface area contributed by atoms with Gasteiger partial charge in [0.2, 0.25) is 0 Å². The van der Waals surface area contributed by atoms with E-state index in [1.165, 1.54) is 0 Å². The van der Waals surface area contributed by atoms with Crippen molar-refractivity contribution in [2.45, 2.75) is 5.03 Å². The predicted octanol–water partition coefficient (Wildman–Crippen LogP) is 2.33. The van der Waals surface area contributed by atoms with Gasteiger partial charge in [0.05, 0.1) is 0 Å². The van der Waals surface area contributed by atoms with Gasteiger partial charge in [-0.1, -0.05) is 0 Å². The fourth-order valence-corrected chi connectivity index (χ4v) is 1.79. The van der Waals surface area contributed by atoms with Crippen LogP contribution in [-0.2, 0) is 0 Å². The number of halogens is 1. The Hall–Kier alpha value is -1.01. The molecule has 78 valence electrons. The fraction of sp³-hybridized carbons (Fsp3) is 0.111. The van der Waals surface area contributed by atoms with Crippen LogP contribution in [0.3, 0.4) is 0 Å². The molecule has 0 aliphatic heterocycles. The third kappa shape index (κ3) is 2.15. The number of hydrogen-bond acceptors (Lipinski definition) is 4. The first-order valence-corrected chi connectivity index (χ1v) is 6.24. The zero-order valence-electron chi connectivity index (χ0n) is 8.01. The summed E-state index contributed by atoms with van der Waals surface area (Å²) >= 11 is 4.88. The van der Waals surface area contributed by atoms with Gasteiger partial charge in [-0.3, -0.25) is 0 Å². The molecular weight excluding hydrogens is 276 g/mol. The summed E-state index contributed by atoms with van der Waals surface area (Å²) in [4.78, 5) is 4.22. The summed E-state index contributed by atoms with van der Waals surface area (Å²) in [5.41, 5.74) is 5.82. The summed E-state index contributed by atoms with van der Waals surface area (Å²) < 4.78 is 2.56. The summed E-state index contributed by atoms with van der Waals surface area (Å²) in [6, 6.07) is 5.59. The number of thioether (sulfide) groups is 1. The standard InChI is InChI=1S/C9H9BrN4S/c1-15-9-4-7(11)14(13-9)8-3-2-6(10)5-12-8/h2-5H,11H2,1H3. The molecule has 0 spiro atoms. The first kappa shape index (κ1) is 10.5. The zero-order valence-corrected chi connectivity index (χ0v) is 10.4. The molecule has 0 saturated carbocycles. The number of aromatic nitrogens is 3. The molecule has 2 N–H and O–H groups in total. The van der Waals surface area contributed by atoms with E-state index in [0.717, 1.165) is 15.3 Å². The molecule has 2 heterocycles. The lowest BCUT2D eigenvalue weighted by molar-refractivity contribution is 0.819. The molecule has 0 amide bonds. The molecule has 0 fully saturated rings. The van der Waals surface area contributed by atoms with Crippen LogP contribution in [0, 0.1) is 0 Å². The second-order valence-corrected chi connectivity index (χ2v) is 4.60. The largest absolute Gasteiger partial charge is 0.383 e. The van der Waals surface area contributed by atoms with Crippen LogP contribution in [0.1, 0.15) is 0 Å². The minimum Gasteiger partial charge on any atom is -0.383 e. The molecule has 4 nitrogen and oxygen atoms in total. The molecule has 0 unspecified atom stereocenters. The van der Waals surface area contributed by atoms with Crippen LogP contribution in [0.4, 0.5) is 5.82 Å². The van der Waals surface area contributed by atoms with Crippen molar-refractivity contribution in [1.29, 1.82) is 0 Å². The SMILES string of the molecule is CSc1cc(N)n(-c2ccc(Br)cn2)n1. The molecule has 0 radical (unpaired) electrons. The maximum absolute atomic E-state index is 5.82. The average molecular weight is 285 g/mol. The van der Waals surface area contributed by atoms with Gasteiger partial charge in [0.15, 0.2) is 5.82 Å². The minimum absolute atomic E-state index is 0.592. The average Bonchev–Trinajstić information content (AvgIpc) is 2.61. The molecule has 0 saturated heterocycles. The Bertz CT molecular complexity index is 465. The van der Waals surface area contributed by atoms with Crippen molar-refractivity contribution < 1.29 is 0 Å². The number of hydrogen-bond donors (Lipinski definition) is 1. The summed E-state index contributed by atoms with van der Waals surface area (Å²) in [5.74, 6) is 1.31. The van der Waals surface area contributed by atoms with Gasteiger partial charge in [0, 0.05) is 16.7 Å². The lowest BCUT2D eigenvalue weighted by Crippen LogP contribution is -2.03. The highest BCUT2D eigenvalue weighted by atomic mass is 79.9. The van der Waals surface area contributed by atoms with Crippen molar-refractivity contribution >= 4 is 33.5 Å². The van der Waals surface area contributed by atoms with E-state index >= 15 is 0 Å². The van der Waals surface area contributed by atoms with E-state index < -0.39 is 0 Å². The van der Waals surface area contributed by atoms with E-state index in [2.05, 4.69) is 26.0 Å². The molecular formula is C9H9BrN4S. The maximum atomic E-state index is 5.82. The Labute approximate surface area is 100 Å². The van der Waals surface area contributed by atoms with E-state index in [9.17, 15) is 0 Å². The van der Waals surface area contributed by atoms with Gasteiger partial charge in [-0.2, -0.15) is 9.78 Å². The molecule has 2 rings (SSSR count). The van der Waals surface area contributed by atoms with Crippen molar-refractivity contribution in [2.24, 2.45) is 0 Å². The van der Waals surface area contributed by atoms with Gasteiger partial charge >= 0.3 is 0 Å². The molecule has 0 bridgehead atoms. The normalized spacial score (nSPS) is 10.5. The van der Waals surface area contributed by atoms with Crippen LogP contribution < -0.4 is 5.73 Å². The van der Waals surface area contributed by atoms with E-state index in [1.54, 1.807) is 22.6 Å². The van der Waals surface area contributed by atoms with Crippen molar-refractivity contribution in [3.05, 3.63) is 28.9 Å². The van der Waals surface area contributed by atoms with Gasteiger partial charge < -0.3 is 5.73 Å². The monoisotopic (exact) mass is 284 g/mol. The third-order valence-electron chi connectivity index (χ3n) is 1.85. The van der Waals surface area contributed by atoms with Crippen LogP contribution in [0.25, 0.3) is 5.82 Å².